The van der Waals surface area contributed by atoms with Crippen molar-refractivity contribution < 1.29 is 28.7 Å². The maximum absolute atomic E-state index is 15.1. The van der Waals surface area contributed by atoms with E-state index < -0.39 is 56.5 Å². The molecule has 334 valence electrons. The van der Waals surface area contributed by atoms with Gasteiger partial charge < -0.3 is 14.0 Å². The van der Waals surface area contributed by atoms with Crippen LogP contribution in [-0.4, -0.2) is 50.0 Å². The number of ether oxygens (including phenoxy) is 2. The zero-order valence-electron chi connectivity index (χ0n) is 36.3. The van der Waals surface area contributed by atoms with E-state index in [2.05, 4.69) is 77.7 Å². The Kier molecular flexibility index (Phi) is 11.1. The molecule has 6 aromatic carbocycles. The number of allylic oxidation sites excluding steroid dienone is 2. The van der Waals surface area contributed by atoms with Crippen molar-refractivity contribution in [2.24, 2.45) is 0 Å². The van der Waals surface area contributed by atoms with Crippen molar-refractivity contribution in [1.82, 2.24) is 14.8 Å². The second kappa shape index (κ2) is 16.8. The van der Waals surface area contributed by atoms with E-state index in [0.717, 1.165) is 33.4 Å². The molecule has 12 heteroatoms. The van der Waals surface area contributed by atoms with Crippen LogP contribution in [0.5, 0.6) is 0 Å². The van der Waals surface area contributed by atoms with Crippen molar-refractivity contribution in [3.63, 3.8) is 0 Å². The van der Waals surface area contributed by atoms with Crippen LogP contribution in [0.3, 0.4) is 0 Å². The normalized spacial score (nSPS) is 18.7. The third kappa shape index (κ3) is 6.47. The van der Waals surface area contributed by atoms with Gasteiger partial charge in [-0.25, -0.2) is 4.79 Å². The summed E-state index contributed by atoms with van der Waals surface area (Å²) in [6, 6.07) is 61.5. The molecular weight excluding hydrogens is 905 g/mol. The number of hydrogen-bond donors (Lipinski definition) is 1. The van der Waals surface area contributed by atoms with Crippen molar-refractivity contribution in [2.75, 3.05) is 7.11 Å². The molecule has 10 rings (SSSR count). The summed E-state index contributed by atoms with van der Waals surface area (Å²) < 4.78 is 11.1. The highest BCUT2D eigenvalue weighted by molar-refractivity contribution is 6.76. The number of nitrogens with zero attached hydrogens (tertiary/aromatic N) is 2. The van der Waals surface area contributed by atoms with Gasteiger partial charge in [-0.05, 0) is 40.3 Å². The van der Waals surface area contributed by atoms with E-state index in [4.69, 9.17) is 44.3 Å². The van der Waals surface area contributed by atoms with Gasteiger partial charge in [0, 0.05) is 23.4 Å². The highest BCUT2D eigenvalue weighted by Gasteiger charge is 2.83. The van der Waals surface area contributed by atoms with Gasteiger partial charge in [0.15, 0.2) is 5.76 Å². The number of methoxy groups -OCH3 is 1. The lowest BCUT2D eigenvalue weighted by atomic mass is 9.58. The Hall–Kier alpha value is -6.75. The molecule has 0 bridgehead atoms. The Labute approximate surface area is 402 Å². The smallest absolute Gasteiger partial charge is 0.414 e. The van der Waals surface area contributed by atoms with Crippen molar-refractivity contribution in [3.05, 3.63) is 249 Å². The van der Waals surface area contributed by atoms with E-state index >= 15 is 4.79 Å². The fourth-order valence-corrected chi connectivity index (χ4v) is 11.5. The SMILES string of the molecule is COC1=C(C)C(=O)c2c(c(COC(=O)NC(=O)C(Cl)(Cl)Cl)c3n2C[C@@H]2N(C(c4ccccc4)(c4ccccc4)c4ccccc4)[C@]32C(c2ccccc2)(c2ccccc2)c2ccccc2)C1=O. The summed E-state index contributed by atoms with van der Waals surface area (Å²) in [5.74, 6) is -2.29. The van der Waals surface area contributed by atoms with E-state index in [0.29, 0.717) is 5.69 Å². The molecule has 3 atom stereocenters. The summed E-state index contributed by atoms with van der Waals surface area (Å²) in [5, 5.41) is 2.01. The number of Topliss-reactive ketones (excluding diaryl/α,β-unsaturated/α-hetero) is 2. The molecule has 67 heavy (non-hydrogen) atoms. The fourth-order valence-electron chi connectivity index (χ4n) is 11.4. The van der Waals surface area contributed by atoms with E-state index in [9.17, 15) is 14.4 Å². The second-order valence-electron chi connectivity index (χ2n) is 16.8. The number of ketones is 2. The third-order valence-electron chi connectivity index (χ3n) is 13.7. The lowest BCUT2D eigenvalue weighted by Crippen LogP contribution is -2.51. The number of nitrogens with one attached hydrogen (secondary N) is 1. The van der Waals surface area contributed by atoms with Crippen LogP contribution in [0.25, 0.3) is 0 Å². The zero-order chi connectivity index (χ0) is 46.7. The molecule has 1 aromatic heterocycles. The van der Waals surface area contributed by atoms with Crippen molar-refractivity contribution >= 4 is 58.4 Å². The molecule has 3 heterocycles. The van der Waals surface area contributed by atoms with Gasteiger partial charge in [-0.2, -0.15) is 0 Å². The van der Waals surface area contributed by atoms with Crippen LogP contribution >= 0.6 is 34.8 Å². The van der Waals surface area contributed by atoms with Crippen LogP contribution < -0.4 is 5.32 Å². The van der Waals surface area contributed by atoms with Gasteiger partial charge in [0.2, 0.25) is 11.6 Å². The van der Waals surface area contributed by atoms with Crippen molar-refractivity contribution in [3.8, 4) is 0 Å². The lowest BCUT2D eigenvalue weighted by molar-refractivity contribution is -0.119. The van der Waals surface area contributed by atoms with Crippen LogP contribution in [-0.2, 0) is 43.9 Å². The molecule has 0 saturated carbocycles. The van der Waals surface area contributed by atoms with Gasteiger partial charge in [0.05, 0.1) is 35.2 Å². The number of halogens is 3. The second-order valence-corrected chi connectivity index (χ2v) is 19.1. The average Bonchev–Trinajstić information content (AvgIpc) is 3.67. The van der Waals surface area contributed by atoms with E-state index in [1.807, 2.05) is 119 Å². The molecule has 1 unspecified atom stereocenters. The molecule has 1 aliphatic carbocycles. The van der Waals surface area contributed by atoms with Gasteiger partial charge in [-0.1, -0.05) is 217 Å². The molecule has 1 N–H and O–H groups in total. The Morgan fingerprint density at radius 3 is 1.43 bits per heavy atom. The average molecular weight is 947 g/mol. The number of aromatic nitrogens is 1. The van der Waals surface area contributed by atoms with Gasteiger partial charge in [0.25, 0.3) is 9.70 Å². The first-order chi connectivity index (χ1) is 32.4. The maximum Gasteiger partial charge on any atom is 0.414 e. The number of rotatable bonds is 11. The minimum absolute atomic E-state index is 0.0421. The number of carbonyl (C=O) groups is 4. The Bertz CT molecular complexity index is 2890. The first-order valence-corrected chi connectivity index (χ1v) is 22.9. The Balaban J connectivity index is 1.39. The summed E-state index contributed by atoms with van der Waals surface area (Å²) in [6.07, 6.45) is -1.22. The summed E-state index contributed by atoms with van der Waals surface area (Å²) in [6.45, 7) is 1.26. The Morgan fingerprint density at radius 2 is 1.04 bits per heavy atom. The zero-order valence-corrected chi connectivity index (χ0v) is 38.6. The summed E-state index contributed by atoms with van der Waals surface area (Å²) in [7, 11) is 1.35. The van der Waals surface area contributed by atoms with Crippen molar-refractivity contribution in [2.45, 2.75) is 46.4 Å². The molecule has 3 aliphatic rings. The third-order valence-corrected chi connectivity index (χ3v) is 14.2. The molecule has 0 spiro atoms. The number of benzene rings is 6. The molecule has 0 radical (unpaired) electrons. The number of hydrogen-bond acceptors (Lipinski definition) is 7. The molecular formula is C55H42Cl3N3O6. The van der Waals surface area contributed by atoms with Crippen LogP contribution in [0.1, 0.15) is 72.4 Å². The fraction of sp³-hybridized carbons (Fsp3) is 0.164. The minimum Gasteiger partial charge on any atom is -0.492 e. The number of amides is 2. The van der Waals surface area contributed by atoms with E-state index in [1.165, 1.54) is 7.11 Å². The summed E-state index contributed by atoms with van der Waals surface area (Å²) in [4.78, 5) is 59.1. The van der Waals surface area contributed by atoms with Gasteiger partial charge in [-0.3, -0.25) is 24.6 Å². The Morgan fingerprint density at radius 1 is 0.642 bits per heavy atom. The molecule has 2 amide bonds. The number of fused-ring (bicyclic) bond motifs is 5. The van der Waals surface area contributed by atoms with Crippen LogP contribution in [0.15, 0.2) is 193 Å². The standard InChI is InChI=1S/C55H42Cl3N3O6/c1-35-46(62)45-44(47(63)48(35)66-2)42(34-67-51(65)59-50(64)55(56,57)58)49-54(52(36-21-9-3-10-22-36,37-23-11-4-12-24-37)38-25-13-5-14-26-38)43(33-60(45)49)61(54)53(39-27-15-6-16-28-39,40-29-17-7-18-30-40)41-31-19-8-20-32-41/h3-32,43H,33-34H2,1-2H3,(H,59,64,65)/t43-,54-,61?/m0/s1. The molecule has 1 fully saturated rings. The predicted molar refractivity (Wildman–Crippen MR) is 257 cm³/mol. The minimum atomic E-state index is -2.48. The molecule has 1 saturated heterocycles. The van der Waals surface area contributed by atoms with Gasteiger partial charge in [-0.15, -0.1) is 0 Å². The van der Waals surface area contributed by atoms with Crippen molar-refractivity contribution in [1.29, 1.82) is 0 Å². The van der Waals surface area contributed by atoms with E-state index in [-0.39, 0.29) is 34.7 Å². The van der Waals surface area contributed by atoms with Crippen LogP contribution in [0, 0.1) is 0 Å². The molecule has 7 aromatic rings. The highest BCUT2D eigenvalue weighted by Crippen LogP contribution is 2.75. The molecule has 2 aliphatic heterocycles. The summed E-state index contributed by atoms with van der Waals surface area (Å²) >= 11 is 17.6. The lowest BCUT2D eigenvalue weighted by Gasteiger charge is -2.48. The van der Waals surface area contributed by atoms with Crippen LogP contribution in [0.4, 0.5) is 4.79 Å². The largest absolute Gasteiger partial charge is 0.492 e. The number of carbonyl (C=O) groups excluding carboxylic acids is 4. The highest BCUT2D eigenvalue weighted by atomic mass is 35.6. The van der Waals surface area contributed by atoms with Gasteiger partial charge >= 0.3 is 6.09 Å². The predicted octanol–water partition coefficient (Wildman–Crippen LogP) is 10.8. The first kappa shape index (κ1) is 44.1. The maximum atomic E-state index is 15.1. The summed E-state index contributed by atoms with van der Waals surface area (Å²) in [5.41, 5.74) is 3.47. The number of alkyl halides is 3. The van der Waals surface area contributed by atoms with Crippen LogP contribution in [0.2, 0.25) is 0 Å². The number of alkyl carbamates (subject to hydrolysis) is 1. The quantitative estimate of drug-likeness (QED) is 0.0782. The topological polar surface area (TPSA) is 107 Å². The molecule has 9 nitrogen and oxygen atoms in total. The van der Waals surface area contributed by atoms with Gasteiger partial charge in [0.1, 0.15) is 12.3 Å². The van der Waals surface area contributed by atoms with E-state index in [1.54, 1.807) is 6.92 Å². The first-order valence-electron chi connectivity index (χ1n) is 21.7. The number of imide groups is 1. The monoisotopic (exact) mass is 945 g/mol.